The van der Waals surface area contributed by atoms with E-state index in [1.54, 1.807) is 12.4 Å². The molecule has 2 aromatic carbocycles. The molecule has 35 heavy (non-hydrogen) atoms. The summed E-state index contributed by atoms with van der Waals surface area (Å²) < 4.78 is 38.9. The van der Waals surface area contributed by atoms with Gasteiger partial charge in [0.25, 0.3) is 0 Å². The zero-order chi connectivity index (χ0) is 24.6. The van der Waals surface area contributed by atoms with Crippen LogP contribution in [0.4, 0.5) is 13.2 Å². The number of carboxylic acid groups (broad SMARTS) is 1. The first-order valence-electron chi connectivity index (χ1n) is 11.5. The molecular weight excluding hydrogens is 457 g/mol. The van der Waals surface area contributed by atoms with Crippen molar-refractivity contribution in [3.8, 4) is 22.8 Å². The van der Waals surface area contributed by atoms with Gasteiger partial charge < -0.3 is 10.1 Å². The number of carboxylic acids is 1. The Morgan fingerprint density at radius 3 is 2.29 bits per heavy atom. The first kappa shape index (κ1) is 23.0. The molecule has 1 aliphatic carbocycles. The van der Waals surface area contributed by atoms with Crippen molar-refractivity contribution in [2.75, 3.05) is 0 Å². The van der Waals surface area contributed by atoms with Crippen LogP contribution in [0.15, 0.2) is 54.9 Å². The van der Waals surface area contributed by atoms with E-state index in [1.807, 2.05) is 12.1 Å². The third-order valence-electron chi connectivity index (χ3n) is 6.69. The third kappa shape index (κ3) is 5.03. The number of alkyl halides is 3. The molecule has 1 fully saturated rings. The zero-order valence-corrected chi connectivity index (χ0v) is 18.7. The van der Waals surface area contributed by atoms with Gasteiger partial charge in [0.2, 0.25) is 0 Å². The summed E-state index contributed by atoms with van der Waals surface area (Å²) in [6.45, 7) is 0. The number of aromatic nitrogens is 4. The number of nitrogens with one attached hydrogen (secondary N) is 1. The summed E-state index contributed by atoms with van der Waals surface area (Å²) >= 11 is 0. The number of halogens is 3. The Hall–Kier alpha value is -3.75. The smallest absolute Gasteiger partial charge is 0.416 e. The predicted molar refractivity (Wildman–Crippen MR) is 125 cm³/mol. The van der Waals surface area contributed by atoms with Crippen LogP contribution in [0.2, 0.25) is 0 Å². The van der Waals surface area contributed by atoms with E-state index in [4.69, 9.17) is 5.11 Å². The molecule has 5 rings (SSSR count). The average Bonchev–Trinajstić information content (AvgIpc) is 3.28. The molecule has 0 amide bonds. The maximum atomic E-state index is 13.0. The Balaban J connectivity index is 1.28. The maximum Gasteiger partial charge on any atom is 0.416 e. The molecule has 1 saturated carbocycles. The lowest BCUT2D eigenvalue weighted by molar-refractivity contribution is -0.138. The molecule has 4 aromatic rings. The molecule has 0 aliphatic heterocycles. The molecule has 180 valence electrons. The van der Waals surface area contributed by atoms with Gasteiger partial charge in [0.05, 0.1) is 34.7 Å². The molecule has 6 nitrogen and oxygen atoms in total. The summed E-state index contributed by atoms with van der Waals surface area (Å²) in [5, 5.41) is 8.99. The third-order valence-corrected chi connectivity index (χ3v) is 6.69. The Bertz CT molecular complexity index is 1340. The van der Waals surface area contributed by atoms with Crippen molar-refractivity contribution in [1.82, 2.24) is 19.9 Å². The molecule has 0 unspecified atom stereocenters. The average molecular weight is 480 g/mol. The van der Waals surface area contributed by atoms with Gasteiger partial charge in [-0.05, 0) is 61.3 Å². The lowest BCUT2D eigenvalue weighted by Gasteiger charge is -2.28. The number of aliphatic carboxylic acids is 1. The van der Waals surface area contributed by atoms with E-state index in [9.17, 15) is 18.0 Å². The van der Waals surface area contributed by atoms with E-state index in [-0.39, 0.29) is 17.9 Å². The van der Waals surface area contributed by atoms with Gasteiger partial charge in [-0.15, -0.1) is 0 Å². The van der Waals surface area contributed by atoms with E-state index in [1.165, 1.54) is 11.6 Å². The molecule has 0 bridgehead atoms. The van der Waals surface area contributed by atoms with Gasteiger partial charge in [-0.3, -0.25) is 9.78 Å². The molecular formula is C26H23F3N4O2. The molecule has 2 aromatic heterocycles. The summed E-state index contributed by atoms with van der Waals surface area (Å²) in [5.41, 5.74) is 3.24. The van der Waals surface area contributed by atoms with E-state index in [0.29, 0.717) is 28.6 Å². The zero-order valence-electron chi connectivity index (χ0n) is 18.7. The molecule has 2 N–H and O–H groups in total. The number of H-pyrrole nitrogens is 1. The largest absolute Gasteiger partial charge is 0.481 e. The second-order valence-corrected chi connectivity index (χ2v) is 9.04. The van der Waals surface area contributed by atoms with Crippen LogP contribution < -0.4 is 0 Å². The highest BCUT2D eigenvalue weighted by Gasteiger charge is 2.30. The lowest BCUT2D eigenvalue weighted by Crippen LogP contribution is -2.16. The number of nitrogens with zero attached hydrogens (tertiary/aromatic N) is 3. The fourth-order valence-electron chi connectivity index (χ4n) is 4.78. The Kier molecular flexibility index (Phi) is 6.00. The van der Waals surface area contributed by atoms with Gasteiger partial charge in [-0.25, -0.2) is 9.97 Å². The molecule has 0 radical (unpaired) electrons. The fourth-order valence-corrected chi connectivity index (χ4v) is 4.78. The van der Waals surface area contributed by atoms with Gasteiger partial charge in [0.1, 0.15) is 5.69 Å². The minimum absolute atomic E-state index is 0.253. The monoisotopic (exact) mass is 480 g/mol. The van der Waals surface area contributed by atoms with Crippen LogP contribution in [-0.4, -0.2) is 31.0 Å². The first-order valence-corrected chi connectivity index (χ1v) is 11.5. The number of rotatable bonds is 5. The highest BCUT2D eigenvalue weighted by atomic mass is 19.4. The maximum absolute atomic E-state index is 13.0. The standard InChI is InChI=1S/C26H23F3N4O2/c27-26(28,29)19-9-10-20-21(12-19)33-25(32-20)23-14-30-22(13-31-23)18-7-5-17(6-8-18)16-3-1-15(2-4-16)11-24(34)35/h5-10,12-16H,1-4,11H2,(H,32,33)(H,34,35). The van der Waals surface area contributed by atoms with E-state index in [0.717, 1.165) is 43.4 Å². The normalized spacial score (nSPS) is 18.6. The first-order chi connectivity index (χ1) is 16.8. The highest BCUT2D eigenvalue weighted by molar-refractivity contribution is 5.79. The van der Waals surface area contributed by atoms with Gasteiger partial charge in [0.15, 0.2) is 5.82 Å². The van der Waals surface area contributed by atoms with E-state index < -0.39 is 17.7 Å². The SMILES string of the molecule is O=C(O)CC1CCC(c2ccc(-c3cnc(-c4nc5ccc(C(F)(F)F)cc5[nH]4)cn3)cc2)CC1. The summed E-state index contributed by atoms with van der Waals surface area (Å²) in [6, 6.07) is 11.6. The number of fused-ring (bicyclic) bond motifs is 1. The lowest BCUT2D eigenvalue weighted by atomic mass is 9.77. The topological polar surface area (TPSA) is 91.8 Å². The van der Waals surface area contributed by atoms with Crippen LogP contribution in [0.3, 0.4) is 0 Å². The minimum atomic E-state index is -4.42. The minimum Gasteiger partial charge on any atom is -0.481 e. The van der Waals surface area contributed by atoms with Gasteiger partial charge in [-0.2, -0.15) is 13.2 Å². The van der Waals surface area contributed by atoms with Crippen LogP contribution in [0, 0.1) is 5.92 Å². The Labute approximate surface area is 199 Å². The van der Waals surface area contributed by atoms with E-state index in [2.05, 4.69) is 32.1 Å². The number of hydrogen-bond acceptors (Lipinski definition) is 4. The molecule has 0 spiro atoms. The van der Waals surface area contributed by atoms with Gasteiger partial charge in [-0.1, -0.05) is 24.3 Å². The number of imidazole rings is 1. The van der Waals surface area contributed by atoms with Crippen LogP contribution in [0.5, 0.6) is 0 Å². The van der Waals surface area contributed by atoms with Crippen LogP contribution in [0.1, 0.15) is 49.1 Å². The Morgan fingerprint density at radius 2 is 1.66 bits per heavy atom. The van der Waals surface area contributed by atoms with Crippen molar-refractivity contribution in [2.24, 2.45) is 5.92 Å². The number of benzene rings is 2. The van der Waals surface area contributed by atoms with Crippen molar-refractivity contribution in [1.29, 1.82) is 0 Å². The van der Waals surface area contributed by atoms with Crippen molar-refractivity contribution in [2.45, 2.75) is 44.2 Å². The number of hydrogen-bond donors (Lipinski definition) is 2. The van der Waals surface area contributed by atoms with E-state index >= 15 is 0 Å². The molecule has 0 atom stereocenters. The van der Waals surface area contributed by atoms with Crippen molar-refractivity contribution in [3.05, 3.63) is 66.0 Å². The predicted octanol–water partition coefficient (Wildman–Crippen LogP) is 6.45. The van der Waals surface area contributed by atoms with Crippen molar-refractivity contribution < 1.29 is 23.1 Å². The second-order valence-electron chi connectivity index (χ2n) is 9.04. The van der Waals surface area contributed by atoms with Gasteiger partial charge in [0, 0.05) is 12.0 Å². The van der Waals surface area contributed by atoms with Crippen LogP contribution in [0.25, 0.3) is 33.8 Å². The number of carbonyl (C=O) groups is 1. The summed E-state index contributed by atoms with van der Waals surface area (Å²) in [5.74, 6) is 0.344. The number of aromatic amines is 1. The molecule has 0 saturated heterocycles. The second kappa shape index (κ2) is 9.13. The fraction of sp³-hybridized carbons (Fsp3) is 0.308. The summed E-state index contributed by atoms with van der Waals surface area (Å²) in [6.07, 6.45) is 2.86. The van der Waals surface area contributed by atoms with Crippen LogP contribution in [-0.2, 0) is 11.0 Å². The van der Waals surface area contributed by atoms with Crippen molar-refractivity contribution >= 4 is 17.0 Å². The molecule has 9 heteroatoms. The molecule has 1 aliphatic rings. The van der Waals surface area contributed by atoms with Crippen molar-refractivity contribution in [3.63, 3.8) is 0 Å². The van der Waals surface area contributed by atoms with Gasteiger partial charge >= 0.3 is 12.1 Å². The Morgan fingerprint density at radius 1 is 0.971 bits per heavy atom. The quantitative estimate of drug-likeness (QED) is 0.342. The molecule has 2 heterocycles. The summed E-state index contributed by atoms with van der Waals surface area (Å²) in [7, 11) is 0. The summed E-state index contributed by atoms with van der Waals surface area (Å²) in [4.78, 5) is 27.0. The van der Waals surface area contributed by atoms with Crippen LogP contribution >= 0.6 is 0 Å². The highest BCUT2D eigenvalue weighted by Crippen LogP contribution is 2.37.